The summed E-state index contributed by atoms with van der Waals surface area (Å²) in [6.45, 7) is 8.50. The van der Waals surface area contributed by atoms with Crippen LogP contribution >= 0.6 is 0 Å². The van der Waals surface area contributed by atoms with Crippen molar-refractivity contribution in [2.75, 3.05) is 18.0 Å². The molecule has 3 rings (SSSR count). The van der Waals surface area contributed by atoms with Gasteiger partial charge in [-0.1, -0.05) is 32.0 Å². The fourth-order valence-electron chi connectivity index (χ4n) is 4.26. The van der Waals surface area contributed by atoms with Crippen LogP contribution in [0.2, 0.25) is 0 Å². The second kappa shape index (κ2) is 6.04. The molecule has 2 atom stereocenters. The van der Waals surface area contributed by atoms with Crippen molar-refractivity contribution in [3.05, 3.63) is 29.8 Å². The molecule has 1 aromatic rings. The lowest BCUT2D eigenvalue weighted by molar-refractivity contribution is -0.123. The number of rotatable bonds is 3. The van der Waals surface area contributed by atoms with Crippen LogP contribution in [0.1, 0.15) is 52.0 Å². The Kier molecular flexibility index (Phi) is 4.26. The van der Waals surface area contributed by atoms with Gasteiger partial charge in [0.1, 0.15) is 0 Å². The molecular weight excluding hydrogens is 272 g/mol. The van der Waals surface area contributed by atoms with E-state index in [9.17, 15) is 4.79 Å². The first-order valence-corrected chi connectivity index (χ1v) is 8.75. The van der Waals surface area contributed by atoms with Crippen molar-refractivity contribution in [3.8, 4) is 0 Å². The highest BCUT2D eigenvalue weighted by Crippen LogP contribution is 2.45. The molecule has 2 aliphatic rings. The van der Waals surface area contributed by atoms with E-state index in [1.54, 1.807) is 0 Å². The third kappa shape index (κ3) is 2.45. The van der Waals surface area contributed by atoms with Gasteiger partial charge in [-0.25, -0.2) is 0 Å². The van der Waals surface area contributed by atoms with E-state index in [4.69, 9.17) is 0 Å². The molecule has 120 valence electrons. The van der Waals surface area contributed by atoms with Crippen molar-refractivity contribution in [3.63, 3.8) is 0 Å². The number of amides is 1. The van der Waals surface area contributed by atoms with Gasteiger partial charge in [-0.05, 0) is 50.8 Å². The number of carbonyl (C=O) groups excluding carboxylic acids is 1. The third-order valence-corrected chi connectivity index (χ3v) is 5.82. The summed E-state index contributed by atoms with van der Waals surface area (Å²) in [5.41, 5.74) is 2.67. The van der Waals surface area contributed by atoms with E-state index in [-0.39, 0.29) is 11.3 Å². The van der Waals surface area contributed by atoms with E-state index >= 15 is 0 Å². The molecule has 1 saturated heterocycles. The molecule has 1 aromatic carbocycles. The van der Waals surface area contributed by atoms with E-state index in [1.165, 1.54) is 5.56 Å². The van der Waals surface area contributed by atoms with Crippen LogP contribution in [0.5, 0.6) is 0 Å². The van der Waals surface area contributed by atoms with Crippen LogP contribution in [0.15, 0.2) is 24.3 Å². The van der Waals surface area contributed by atoms with Crippen LogP contribution < -0.4 is 10.2 Å². The number of carbonyl (C=O) groups is 1. The Balaban J connectivity index is 1.90. The first-order chi connectivity index (χ1) is 10.6. The average molecular weight is 300 g/mol. The Hall–Kier alpha value is -1.35. The zero-order valence-corrected chi connectivity index (χ0v) is 14.1. The number of nitrogens with one attached hydrogen (secondary N) is 1. The molecule has 0 saturated carbocycles. The maximum absolute atomic E-state index is 13.1. The number of benzene rings is 1. The lowest BCUT2D eigenvalue weighted by Gasteiger charge is -2.32. The summed E-state index contributed by atoms with van der Waals surface area (Å²) in [5, 5.41) is 3.44. The molecule has 1 amide bonds. The monoisotopic (exact) mass is 300 g/mol. The highest BCUT2D eigenvalue weighted by Gasteiger charge is 2.43. The van der Waals surface area contributed by atoms with E-state index < -0.39 is 0 Å². The van der Waals surface area contributed by atoms with Gasteiger partial charge in [0.05, 0.1) is 0 Å². The van der Waals surface area contributed by atoms with Gasteiger partial charge in [-0.3, -0.25) is 4.79 Å². The minimum atomic E-state index is 0.144. The van der Waals surface area contributed by atoms with Gasteiger partial charge in [-0.15, -0.1) is 0 Å². The van der Waals surface area contributed by atoms with Crippen LogP contribution in [0.3, 0.4) is 0 Å². The van der Waals surface area contributed by atoms with Crippen molar-refractivity contribution in [1.82, 2.24) is 5.32 Å². The number of fused-ring (bicyclic) bond motifs is 1. The zero-order valence-electron chi connectivity index (χ0n) is 14.1. The SMILES string of the molecule is CCC1(CC)CN(C(=O)[C@H]2CCN[C@@H](C)C2)c2ccccc21. The molecule has 1 N–H and O–H groups in total. The Morgan fingerprint density at radius 1 is 1.32 bits per heavy atom. The van der Waals surface area contributed by atoms with Gasteiger partial charge in [0, 0.05) is 29.6 Å². The lowest BCUT2D eigenvalue weighted by Crippen LogP contribution is -2.45. The van der Waals surface area contributed by atoms with E-state index in [0.717, 1.165) is 44.5 Å². The third-order valence-electron chi connectivity index (χ3n) is 5.82. The molecule has 3 nitrogen and oxygen atoms in total. The first-order valence-electron chi connectivity index (χ1n) is 8.75. The van der Waals surface area contributed by atoms with Gasteiger partial charge in [0.25, 0.3) is 0 Å². The molecule has 0 aromatic heterocycles. The maximum Gasteiger partial charge on any atom is 0.230 e. The number of para-hydroxylation sites is 1. The Morgan fingerprint density at radius 3 is 2.73 bits per heavy atom. The van der Waals surface area contributed by atoms with Crippen LogP contribution in [0, 0.1) is 5.92 Å². The lowest BCUT2D eigenvalue weighted by atomic mass is 9.78. The number of hydrogen-bond acceptors (Lipinski definition) is 2. The standard InChI is InChI=1S/C19H28N2O/c1-4-19(5-2)13-21(17-9-7-6-8-16(17)19)18(22)15-10-11-20-14(3)12-15/h6-9,14-15,20H,4-5,10-13H2,1-3H3/t14-,15-/m0/s1. The van der Waals surface area contributed by atoms with Crippen LogP contribution in [-0.2, 0) is 10.2 Å². The average Bonchev–Trinajstić information content (AvgIpc) is 2.89. The summed E-state index contributed by atoms with van der Waals surface area (Å²) in [4.78, 5) is 15.2. The molecule has 3 heteroatoms. The maximum atomic E-state index is 13.1. The summed E-state index contributed by atoms with van der Waals surface area (Å²) >= 11 is 0. The predicted molar refractivity (Wildman–Crippen MR) is 91.2 cm³/mol. The van der Waals surface area contributed by atoms with E-state index in [0.29, 0.717) is 11.9 Å². The summed E-state index contributed by atoms with van der Waals surface area (Å²) in [7, 11) is 0. The summed E-state index contributed by atoms with van der Waals surface area (Å²) in [5.74, 6) is 0.512. The molecule has 0 aliphatic carbocycles. The highest BCUT2D eigenvalue weighted by atomic mass is 16.2. The number of hydrogen-bond donors (Lipinski definition) is 1. The smallest absolute Gasteiger partial charge is 0.230 e. The largest absolute Gasteiger partial charge is 0.314 e. The molecule has 22 heavy (non-hydrogen) atoms. The van der Waals surface area contributed by atoms with E-state index in [2.05, 4.69) is 55.3 Å². The number of piperidine rings is 1. The predicted octanol–water partition coefficient (Wildman–Crippen LogP) is 3.48. The van der Waals surface area contributed by atoms with Gasteiger partial charge in [0.15, 0.2) is 0 Å². The molecule has 0 unspecified atom stereocenters. The number of nitrogens with zero attached hydrogens (tertiary/aromatic N) is 1. The molecule has 1 fully saturated rings. The summed E-state index contributed by atoms with van der Waals surface area (Å²) < 4.78 is 0. The molecule has 0 bridgehead atoms. The Labute approximate surface area is 134 Å². The van der Waals surface area contributed by atoms with Crippen molar-refractivity contribution >= 4 is 11.6 Å². The first kappa shape index (κ1) is 15.5. The molecule has 0 radical (unpaired) electrons. The Bertz CT molecular complexity index is 550. The molecule has 2 aliphatic heterocycles. The summed E-state index contributed by atoms with van der Waals surface area (Å²) in [6, 6.07) is 8.97. The molecule has 0 spiro atoms. The topological polar surface area (TPSA) is 32.3 Å². The van der Waals surface area contributed by atoms with E-state index in [1.807, 2.05) is 0 Å². The van der Waals surface area contributed by atoms with Crippen molar-refractivity contribution in [1.29, 1.82) is 0 Å². The minimum absolute atomic E-state index is 0.144. The van der Waals surface area contributed by atoms with Gasteiger partial charge < -0.3 is 10.2 Å². The van der Waals surface area contributed by atoms with Gasteiger partial charge >= 0.3 is 0 Å². The van der Waals surface area contributed by atoms with Crippen LogP contribution in [0.25, 0.3) is 0 Å². The second-order valence-corrected chi connectivity index (χ2v) is 7.01. The fourth-order valence-corrected chi connectivity index (χ4v) is 4.26. The van der Waals surface area contributed by atoms with Crippen LogP contribution in [-0.4, -0.2) is 25.0 Å². The molecular formula is C19H28N2O. The van der Waals surface area contributed by atoms with Crippen LogP contribution in [0.4, 0.5) is 5.69 Å². The Morgan fingerprint density at radius 2 is 2.05 bits per heavy atom. The van der Waals surface area contributed by atoms with Crippen molar-refractivity contribution < 1.29 is 4.79 Å². The second-order valence-electron chi connectivity index (χ2n) is 7.01. The van der Waals surface area contributed by atoms with Crippen molar-refractivity contribution in [2.24, 2.45) is 5.92 Å². The van der Waals surface area contributed by atoms with Crippen molar-refractivity contribution in [2.45, 2.75) is 57.9 Å². The summed E-state index contributed by atoms with van der Waals surface area (Å²) in [6.07, 6.45) is 4.11. The number of anilines is 1. The van der Waals surface area contributed by atoms with Gasteiger partial charge in [0.2, 0.25) is 5.91 Å². The highest BCUT2D eigenvalue weighted by molar-refractivity contribution is 5.98. The fraction of sp³-hybridized carbons (Fsp3) is 0.632. The normalized spacial score (nSPS) is 26.8. The minimum Gasteiger partial charge on any atom is -0.314 e. The quantitative estimate of drug-likeness (QED) is 0.927. The molecule has 2 heterocycles. The zero-order chi connectivity index (χ0) is 15.7. The van der Waals surface area contributed by atoms with Gasteiger partial charge in [-0.2, -0.15) is 0 Å².